The SMILES string of the molecule is CS(=O)(=O)C1CCOc2cc3sc(C(=O)Nc4cc(Cl)nc(Oc5ccccc5OC(F)(F)F)c4)cc3cc21. The van der Waals surface area contributed by atoms with Crippen molar-refractivity contribution in [3.63, 3.8) is 0 Å². The Kier molecular flexibility index (Phi) is 7.08. The van der Waals surface area contributed by atoms with Crippen molar-refractivity contribution in [1.29, 1.82) is 0 Å². The number of nitrogens with one attached hydrogen (secondary N) is 1. The first-order valence-corrected chi connectivity index (χ1v) is 14.4. The standard InChI is InChI=1S/C25H18ClF3N2O6S2/c1-39(33,34)21-6-7-35-18-12-19-13(8-15(18)21)9-20(38-19)24(32)30-14-10-22(26)31-23(11-14)36-16-4-2-3-5-17(16)37-25(27,28)29/h2-5,8-12,21H,6-7H2,1H3,(H,30,31,32). The molecule has 3 heterocycles. The third-order valence-corrected chi connectivity index (χ3v) is 8.51. The van der Waals surface area contributed by atoms with Crippen molar-refractivity contribution >= 4 is 54.5 Å². The van der Waals surface area contributed by atoms with Gasteiger partial charge < -0.3 is 19.5 Å². The van der Waals surface area contributed by atoms with Crippen LogP contribution in [0.15, 0.2) is 54.6 Å². The van der Waals surface area contributed by atoms with Crippen LogP contribution in [0.1, 0.15) is 26.9 Å². The quantitative estimate of drug-likeness (QED) is 0.245. The van der Waals surface area contributed by atoms with Crippen molar-refractivity contribution < 1.29 is 40.6 Å². The van der Waals surface area contributed by atoms with Crippen molar-refractivity contribution in [1.82, 2.24) is 4.98 Å². The summed E-state index contributed by atoms with van der Waals surface area (Å²) in [5.41, 5.74) is 0.736. The second kappa shape index (κ2) is 10.2. The lowest BCUT2D eigenvalue weighted by Crippen LogP contribution is -2.20. The summed E-state index contributed by atoms with van der Waals surface area (Å²) in [6.07, 6.45) is -3.40. The number of aromatic nitrogens is 1. The van der Waals surface area contributed by atoms with E-state index >= 15 is 0 Å². The molecule has 2 aromatic carbocycles. The lowest BCUT2D eigenvalue weighted by Gasteiger charge is -2.24. The van der Waals surface area contributed by atoms with Gasteiger partial charge in [0.25, 0.3) is 5.91 Å². The number of halogens is 4. The second-order valence-corrected chi connectivity index (χ2v) is 12.3. The minimum absolute atomic E-state index is 0.0787. The van der Waals surface area contributed by atoms with Crippen molar-refractivity contribution in [3.05, 3.63) is 70.2 Å². The number of sulfone groups is 1. The van der Waals surface area contributed by atoms with Crippen LogP contribution in [-0.4, -0.2) is 38.5 Å². The molecule has 4 aromatic rings. The molecule has 0 radical (unpaired) electrons. The van der Waals surface area contributed by atoms with Gasteiger partial charge in [-0.1, -0.05) is 23.7 Å². The van der Waals surface area contributed by atoms with Gasteiger partial charge in [0, 0.05) is 34.7 Å². The summed E-state index contributed by atoms with van der Waals surface area (Å²) in [5, 5.41) is 2.59. The minimum Gasteiger partial charge on any atom is -0.493 e. The predicted octanol–water partition coefficient (Wildman–Crippen LogP) is 6.76. The molecule has 0 saturated heterocycles. The fourth-order valence-corrected chi connectivity index (χ4v) is 6.44. The maximum Gasteiger partial charge on any atom is 0.573 e. The van der Waals surface area contributed by atoms with Gasteiger partial charge in [-0.3, -0.25) is 4.79 Å². The minimum atomic E-state index is -4.93. The van der Waals surface area contributed by atoms with E-state index in [-0.39, 0.29) is 29.1 Å². The van der Waals surface area contributed by atoms with Crippen LogP contribution in [0, 0.1) is 0 Å². The molecule has 1 unspecified atom stereocenters. The molecule has 1 N–H and O–H groups in total. The summed E-state index contributed by atoms with van der Waals surface area (Å²) in [7, 11) is -3.35. The number of fused-ring (bicyclic) bond motifs is 2. The first-order chi connectivity index (χ1) is 18.4. The molecule has 0 saturated carbocycles. The van der Waals surface area contributed by atoms with Gasteiger partial charge in [0.1, 0.15) is 10.9 Å². The number of ether oxygens (including phenoxy) is 3. The average molecular weight is 599 g/mol. The van der Waals surface area contributed by atoms with Crippen LogP contribution in [0.4, 0.5) is 18.9 Å². The van der Waals surface area contributed by atoms with Gasteiger partial charge >= 0.3 is 6.36 Å². The Morgan fingerprint density at radius 3 is 2.62 bits per heavy atom. The third kappa shape index (κ3) is 6.21. The number of hydrogen-bond donors (Lipinski definition) is 1. The maximum atomic E-state index is 13.0. The van der Waals surface area contributed by atoms with Crippen LogP contribution < -0.4 is 19.5 Å². The molecule has 0 fully saturated rings. The largest absolute Gasteiger partial charge is 0.573 e. The zero-order chi connectivity index (χ0) is 27.9. The number of thiophene rings is 1. The van der Waals surface area contributed by atoms with E-state index in [2.05, 4.69) is 15.0 Å². The van der Waals surface area contributed by atoms with Gasteiger partial charge in [-0.25, -0.2) is 13.4 Å². The van der Waals surface area contributed by atoms with Crippen molar-refractivity contribution in [2.75, 3.05) is 18.2 Å². The zero-order valence-corrected chi connectivity index (χ0v) is 22.3. The number of amides is 1. The van der Waals surface area contributed by atoms with E-state index < -0.39 is 33.1 Å². The summed E-state index contributed by atoms with van der Waals surface area (Å²) >= 11 is 7.25. The number of nitrogens with zero attached hydrogens (tertiary/aromatic N) is 1. The summed E-state index contributed by atoms with van der Waals surface area (Å²) in [4.78, 5) is 17.3. The Morgan fingerprint density at radius 2 is 1.90 bits per heavy atom. The summed E-state index contributed by atoms with van der Waals surface area (Å²) in [6.45, 7) is 0.273. The van der Waals surface area contributed by atoms with Crippen LogP contribution in [-0.2, 0) is 9.84 Å². The fourth-order valence-electron chi connectivity index (χ4n) is 4.10. The van der Waals surface area contributed by atoms with Crippen LogP contribution in [0.3, 0.4) is 0 Å². The van der Waals surface area contributed by atoms with Crippen LogP contribution in [0.25, 0.3) is 10.1 Å². The molecule has 0 bridgehead atoms. The molecule has 1 aliphatic rings. The van der Waals surface area contributed by atoms with E-state index in [1.165, 1.54) is 47.9 Å². The highest BCUT2D eigenvalue weighted by atomic mass is 35.5. The van der Waals surface area contributed by atoms with Gasteiger partial charge in [0.15, 0.2) is 21.3 Å². The number of anilines is 1. The molecule has 0 aliphatic carbocycles. The first-order valence-electron chi connectivity index (χ1n) is 11.3. The number of para-hydroxylation sites is 2. The molecule has 14 heteroatoms. The van der Waals surface area contributed by atoms with Gasteiger partial charge in [-0.15, -0.1) is 24.5 Å². The number of rotatable bonds is 6. The smallest absolute Gasteiger partial charge is 0.493 e. The van der Waals surface area contributed by atoms with E-state index in [1.54, 1.807) is 18.2 Å². The molecular weight excluding hydrogens is 581 g/mol. The third-order valence-electron chi connectivity index (χ3n) is 5.69. The van der Waals surface area contributed by atoms with Crippen molar-refractivity contribution in [2.24, 2.45) is 0 Å². The number of alkyl halides is 3. The van der Waals surface area contributed by atoms with Gasteiger partial charge in [-0.05, 0) is 41.8 Å². The highest BCUT2D eigenvalue weighted by Crippen LogP contribution is 2.42. The molecule has 8 nitrogen and oxygen atoms in total. The number of carbonyl (C=O) groups is 1. The molecular formula is C25H18ClF3N2O6S2. The summed E-state index contributed by atoms with van der Waals surface area (Å²) in [6, 6.07) is 12.9. The Hall–Kier alpha value is -3.55. The summed E-state index contributed by atoms with van der Waals surface area (Å²) < 4.78 is 78.6. The predicted molar refractivity (Wildman–Crippen MR) is 140 cm³/mol. The van der Waals surface area contributed by atoms with E-state index in [4.69, 9.17) is 21.1 Å². The fraction of sp³-hybridized carbons (Fsp3) is 0.200. The van der Waals surface area contributed by atoms with E-state index in [0.29, 0.717) is 28.0 Å². The molecule has 1 amide bonds. The topological polar surface area (TPSA) is 104 Å². The van der Waals surface area contributed by atoms with E-state index in [1.807, 2.05) is 0 Å². The Labute approximate surface area is 229 Å². The lowest BCUT2D eigenvalue weighted by atomic mass is 10.0. The monoisotopic (exact) mass is 598 g/mol. The van der Waals surface area contributed by atoms with Crippen LogP contribution >= 0.6 is 22.9 Å². The van der Waals surface area contributed by atoms with Gasteiger partial charge in [0.2, 0.25) is 5.88 Å². The number of hydrogen-bond acceptors (Lipinski definition) is 8. The molecule has 1 atom stereocenters. The summed E-state index contributed by atoms with van der Waals surface area (Å²) in [5.74, 6) is -1.04. The normalized spacial score (nSPS) is 15.4. The van der Waals surface area contributed by atoms with Crippen molar-refractivity contribution in [2.45, 2.75) is 18.0 Å². The number of benzene rings is 2. The van der Waals surface area contributed by atoms with Gasteiger partial charge in [0.05, 0.1) is 16.7 Å². The number of carbonyl (C=O) groups excluding carboxylic acids is 1. The zero-order valence-electron chi connectivity index (χ0n) is 19.9. The Bertz CT molecular complexity index is 1690. The van der Waals surface area contributed by atoms with Crippen LogP contribution in [0.5, 0.6) is 23.1 Å². The second-order valence-electron chi connectivity index (χ2n) is 8.56. The Balaban J connectivity index is 1.39. The van der Waals surface area contributed by atoms with Crippen LogP contribution in [0.2, 0.25) is 5.15 Å². The van der Waals surface area contributed by atoms with E-state index in [9.17, 15) is 26.4 Å². The average Bonchev–Trinajstić information content (AvgIpc) is 3.25. The molecule has 39 heavy (non-hydrogen) atoms. The highest BCUT2D eigenvalue weighted by Gasteiger charge is 2.33. The number of pyridine rings is 1. The molecule has 1 aliphatic heterocycles. The first kappa shape index (κ1) is 27.0. The molecule has 0 spiro atoms. The molecule has 2 aromatic heterocycles. The molecule has 204 valence electrons. The molecule has 5 rings (SSSR count). The highest BCUT2D eigenvalue weighted by molar-refractivity contribution is 7.90. The lowest BCUT2D eigenvalue weighted by molar-refractivity contribution is -0.275. The Morgan fingerprint density at radius 1 is 1.15 bits per heavy atom. The maximum absolute atomic E-state index is 13.0. The van der Waals surface area contributed by atoms with Crippen molar-refractivity contribution in [3.8, 4) is 23.1 Å². The van der Waals surface area contributed by atoms with Gasteiger partial charge in [-0.2, -0.15) is 0 Å². The van der Waals surface area contributed by atoms with E-state index in [0.717, 1.165) is 10.8 Å².